The van der Waals surface area contributed by atoms with Gasteiger partial charge in [-0.15, -0.1) is 6.42 Å². The Morgan fingerprint density at radius 1 is 1.32 bits per heavy atom. The highest BCUT2D eigenvalue weighted by Crippen LogP contribution is 2.63. The molecule has 0 aromatic carbocycles. The van der Waals surface area contributed by atoms with Gasteiger partial charge < -0.3 is 5.11 Å². The van der Waals surface area contributed by atoms with Crippen molar-refractivity contribution in [3.63, 3.8) is 0 Å². The van der Waals surface area contributed by atoms with Gasteiger partial charge in [-0.3, -0.25) is 4.79 Å². The van der Waals surface area contributed by atoms with Gasteiger partial charge in [-0.1, -0.05) is 25.0 Å². The predicted octanol–water partition coefficient (Wildman–Crippen LogP) is 3.27. The van der Waals surface area contributed by atoms with Gasteiger partial charge in [0.2, 0.25) is 0 Å². The molecular formula is C20H24O2. The number of hydrogen-bond acceptors (Lipinski definition) is 2. The predicted molar refractivity (Wildman–Crippen MR) is 85.8 cm³/mol. The van der Waals surface area contributed by atoms with E-state index in [1.165, 1.54) is 5.57 Å². The Balaban J connectivity index is 1.71. The van der Waals surface area contributed by atoms with Crippen LogP contribution in [0, 0.1) is 41.4 Å². The van der Waals surface area contributed by atoms with E-state index in [0.29, 0.717) is 30.1 Å². The topological polar surface area (TPSA) is 37.3 Å². The molecule has 4 aliphatic rings. The fraction of sp³-hybridized carbons (Fsp3) is 0.650. The number of ketones is 1. The molecule has 6 unspecified atom stereocenters. The minimum absolute atomic E-state index is 0.154. The van der Waals surface area contributed by atoms with Gasteiger partial charge in [0.05, 0.1) is 0 Å². The van der Waals surface area contributed by atoms with Crippen molar-refractivity contribution in [3.8, 4) is 12.3 Å². The molecule has 2 heteroatoms. The molecule has 0 amide bonds. The van der Waals surface area contributed by atoms with Crippen LogP contribution in [0.4, 0.5) is 0 Å². The van der Waals surface area contributed by atoms with Crippen molar-refractivity contribution in [1.82, 2.24) is 0 Å². The van der Waals surface area contributed by atoms with Crippen LogP contribution < -0.4 is 0 Å². The van der Waals surface area contributed by atoms with E-state index in [9.17, 15) is 9.90 Å². The van der Waals surface area contributed by atoms with Gasteiger partial charge in [-0.25, -0.2) is 0 Å². The summed E-state index contributed by atoms with van der Waals surface area (Å²) in [6.45, 7) is 2.20. The average molecular weight is 296 g/mol. The summed E-state index contributed by atoms with van der Waals surface area (Å²) < 4.78 is 0. The highest BCUT2D eigenvalue weighted by molar-refractivity contribution is 5.91. The first-order chi connectivity index (χ1) is 10.5. The molecule has 0 radical (unpaired) electrons. The molecule has 0 bridgehead atoms. The second-order valence-corrected chi connectivity index (χ2v) is 7.96. The largest absolute Gasteiger partial charge is 0.377 e. The van der Waals surface area contributed by atoms with Crippen molar-refractivity contribution in [1.29, 1.82) is 0 Å². The van der Waals surface area contributed by atoms with Crippen LogP contribution in [0.15, 0.2) is 23.8 Å². The van der Waals surface area contributed by atoms with Crippen LogP contribution in [0.2, 0.25) is 0 Å². The first-order valence-corrected chi connectivity index (χ1v) is 8.61. The minimum atomic E-state index is -0.935. The molecule has 22 heavy (non-hydrogen) atoms. The lowest BCUT2D eigenvalue weighted by Gasteiger charge is -2.52. The lowest BCUT2D eigenvalue weighted by molar-refractivity contribution is -0.115. The van der Waals surface area contributed by atoms with Crippen molar-refractivity contribution >= 4 is 5.78 Å². The lowest BCUT2D eigenvalue weighted by atomic mass is 9.52. The maximum absolute atomic E-state index is 11.7. The van der Waals surface area contributed by atoms with Crippen LogP contribution in [0.3, 0.4) is 0 Å². The molecule has 116 valence electrons. The molecule has 0 aromatic heterocycles. The summed E-state index contributed by atoms with van der Waals surface area (Å²) in [7, 11) is 0. The Labute approximate surface area is 132 Å². The third-order valence-electron chi connectivity index (χ3n) is 7.26. The van der Waals surface area contributed by atoms with Crippen LogP contribution in [-0.2, 0) is 4.79 Å². The Morgan fingerprint density at radius 2 is 2.14 bits per heavy atom. The van der Waals surface area contributed by atoms with E-state index in [0.717, 1.165) is 32.1 Å². The van der Waals surface area contributed by atoms with Crippen LogP contribution >= 0.6 is 0 Å². The Hall–Kier alpha value is -1.33. The molecule has 4 rings (SSSR count). The van der Waals surface area contributed by atoms with Gasteiger partial charge in [0.1, 0.15) is 5.60 Å². The maximum atomic E-state index is 11.7. The molecule has 0 saturated heterocycles. The smallest absolute Gasteiger partial charge is 0.155 e. The zero-order valence-corrected chi connectivity index (χ0v) is 13.2. The Bertz CT molecular complexity index is 622. The van der Waals surface area contributed by atoms with Gasteiger partial charge in [0, 0.05) is 11.8 Å². The van der Waals surface area contributed by atoms with Crippen molar-refractivity contribution in [2.24, 2.45) is 29.1 Å². The van der Waals surface area contributed by atoms with E-state index >= 15 is 0 Å². The quantitative estimate of drug-likeness (QED) is 0.697. The summed E-state index contributed by atoms with van der Waals surface area (Å²) >= 11 is 0. The monoisotopic (exact) mass is 296 g/mol. The highest BCUT2D eigenvalue weighted by Gasteiger charge is 2.61. The van der Waals surface area contributed by atoms with Crippen LogP contribution in [-0.4, -0.2) is 16.5 Å². The van der Waals surface area contributed by atoms with Crippen LogP contribution in [0.25, 0.3) is 0 Å². The first-order valence-electron chi connectivity index (χ1n) is 8.61. The second-order valence-electron chi connectivity index (χ2n) is 7.96. The molecule has 2 fully saturated rings. The third-order valence-corrected chi connectivity index (χ3v) is 7.26. The third kappa shape index (κ3) is 1.69. The zero-order chi connectivity index (χ0) is 15.5. The highest BCUT2D eigenvalue weighted by atomic mass is 16.3. The van der Waals surface area contributed by atoms with Gasteiger partial charge in [0.15, 0.2) is 5.78 Å². The molecule has 0 spiro atoms. The number of rotatable bonds is 0. The summed E-state index contributed by atoms with van der Waals surface area (Å²) in [5.74, 6) is 5.14. The van der Waals surface area contributed by atoms with E-state index in [1.807, 2.05) is 6.08 Å². The summed E-state index contributed by atoms with van der Waals surface area (Å²) in [6, 6.07) is 0. The van der Waals surface area contributed by atoms with Crippen molar-refractivity contribution in [2.45, 2.75) is 51.0 Å². The molecule has 2 nitrogen and oxygen atoms in total. The number of carbonyl (C=O) groups is 1. The number of hydrogen-bond donors (Lipinski definition) is 1. The number of allylic oxidation sites excluding steroid dienone is 4. The molecule has 0 aromatic rings. The van der Waals surface area contributed by atoms with Gasteiger partial charge in [-0.2, -0.15) is 0 Å². The Morgan fingerprint density at radius 3 is 2.91 bits per heavy atom. The second kappa shape index (κ2) is 4.59. The summed E-state index contributed by atoms with van der Waals surface area (Å²) in [5, 5.41) is 10.9. The van der Waals surface area contributed by atoms with E-state index < -0.39 is 5.60 Å². The molecule has 0 heterocycles. The maximum Gasteiger partial charge on any atom is 0.155 e. The number of carbonyl (C=O) groups excluding carboxylic acids is 1. The normalized spacial score (nSPS) is 49.7. The van der Waals surface area contributed by atoms with Gasteiger partial charge >= 0.3 is 0 Å². The van der Waals surface area contributed by atoms with Crippen molar-refractivity contribution < 1.29 is 9.90 Å². The van der Waals surface area contributed by atoms with E-state index in [2.05, 4.69) is 25.0 Å². The van der Waals surface area contributed by atoms with E-state index in [-0.39, 0.29) is 11.2 Å². The number of fused-ring (bicyclic) bond motifs is 5. The van der Waals surface area contributed by atoms with E-state index in [4.69, 9.17) is 6.42 Å². The lowest BCUT2D eigenvalue weighted by Crippen LogP contribution is -2.51. The zero-order valence-electron chi connectivity index (χ0n) is 13.2. The fourth-order valence-corrected chi connectivity index (χ4v) is 5.91. The average Bonchev–Trinajstić information content (AvgIpc) is 2.79. The SMILES string of the molecule is C#CC1(O)CCC2C3C=CC4=CC(=O)CCC4C3CCC21C. The molecule has 2 saturated carbocycles. The molecule has 4 aliphatic carbocycles. The number of aliphatic hydroxyl groups is 1. The summed E-state index contributed by atoms with van der Waals surface area (Å²) in [5.41, 5.74) is 0.153. The van der Waals surface area contributed by atoms with E-state index in [1.54, 1.807) is 0 Å². The molecule has 0 aliphatic heterocycles. The van der Waals surface area contributed by atoms with Crippen molar-refractivity contribution in [3.05, 3.63) is 23.8 Å². The summed E-state index contributed by atoms with van der Waals surface area (Å²) in [4.78, 5) is 11.7. The van der Waals surface area contributed by atoms with Gasteiger partial charge in [-0.05, 0) is 67.4 Å². The molecule has 1 N–H and O–H groups in total. The minimum Gasteiger partial charge on any atom is -0.377 e. The van der Waals surface area contributed by atoms with Crippen molar-refractivity contribution in [2.75, 3.05) is 0 Å². The fourth-order valence-electron chi connectivity index (χ4n) is 5.91. The Kier molecular flexibility index (Phi) is 2.97. The van der Waals surface area contributed by atoms with Crippen LogP contribution in [0.1, 0.15) is 45.4 Å². The number of terminal acetylenes is 1. The molecule has 6 atom stereocenters. The first kappa shape index (κ1) is 14.3. The standard InChI is InChI=1S/C20H24O2/c1-3-20(22)11-9-18-17-6-4-13-12-14(21)5-7-15(13)16(17)8-10-19(18,20)2/h1,4,6,12,15-18,22H,5,7-11H2,2H3. The summed E-state index contributed by atoms with van der Waals surface area (Å²) in [6.07, 6.45) is 17.6. The van der Waals surface area contributed by atoms with Crippen LogP contribution in [0.5, 0.6) is 0 Å². The van der Waals surface area contributed by atoms with Gasteiger partial charge in [0.25, 0.3) is 0 Å². The molecular weight excluding hydrogens is 272 g/mol.